The van der Waals surface area contributed by atoms with Crippen LogP contribution >= 0.6 is 0 Å². The van der Waals surface area contributed by atoms with Gasteiger partial charge in [-0.2, -0.15) is 5.10 Å². The molecule has 0 amide bonds. The van der Waals surface area contributed by atoms with Crippen molar-refractivity contribution >= 4 is 5.82 Å². The highest BCUT2D eigenvalue weighted by Gasteiger charge is 2.21. The summed E-state index contributed by atoms with van der Waals surface area (Å²) in [6, 6.07) is 8.61. The van der Waals surface area contributed by atoms with Crippen LogP contribution < -0.4 is 10.6 Å². The lowest BCUT2D eigenvalue weighted by atomic mass is 9.99. The van der Waals surface area contributed by atoms with Gasteiger partial charge in [-0.05, 0) is 37.0 Å². The minimum atomic E-state index is 0.510. The molecular weight excluding hydrogens is 248 g/mol. The number of benzene rings is 1. The van der Waals surface area contributed by atoms with E-state index in [2.05, 4.69) is 46.3 Å². The molecular formula is C16H20N4. The number of hydrogen-bond acceptors (Lipinski definition) is 4. The highest BCUT2D eigenvalue weighted by molar-refractivity contribution is 5.52. The lowest BCUT2D eigenvalue weighted by molar-refractivity contribution is 0.701. The van der Waals surface area contributed by atoms with E-state index >= 15 is 0 Å². The van der Waals surface area contributed by atoms with E-state index in [1.165, 1.54) is 11.1 Å². The summed E-state index contributed by atoms with van der Waals surface area (Å²) < 4.78 is 0. The van der Waals surface area contributed by atoms with Crippen LogP contribution in [0, 0.1) is 13.8 Å². The molecule has 4 heteroatoms. The average molecular weight is 268 g/mol. The fourth-order valence-corrected chi connectivity index (χ4v) is 2.82. The predicted molar refractivity (Wildman–Crippen MR) is 80.6 cm³/mol. The van der Waals surface area contributed by atoms with Gasteiger partial charge in [0.05, 0.1) is 5.69 Å². The third-order valence-corrected chi connectivity index (χ3v) is 4.19. The van der Waals surface area contributed by atoms with Crippen LogP contribution in [0.1, 0.15) is 27.9 Å². The summed E-state index contributed by atoms with van der Waals surface area (Å²) in [5, 5.41) is 8.67. The lowest BCUT2D eigenvalue weighted by Gasteiger charge is -2.31. The van der Waals surface area contributed by atoms with Crippen LogP contribution in [-0.2, 0) is 19.5 Å². The van der Waals surface area contributed by atoms with Crippen molar-refractivity contribution in [2.45, 2.75) is 33.4 Å². The first-order valence-corrected chi connectivity index (χ1v) is 7.05. The van der Waals surface area contributed by atoms with Gasteiger partial charge in [0, 0.05) is 25.2 Å². The molecule has 104 valence electrons. The summed E-state index contributed by atoms with van der Waals surface area (Å²) in [5.41, 5.74) is 12.0. The number of hydrogen-bond donors (Lipinski definition) is 1. The van der Waals surface area contributed by atoms with Gasteiger partial charge in [-0.1, -0.05) is 24.3 Å². The topological polar surface area (TPSA) is 55.0 Å². The molecule has 1 aromatic carbocycles. The second-order valence-corrected chi connectivity index (χ2v) is 5.36. The third kappa shape index (κ3) is 2.16. The second-order valence-electron chi connectivity index (χ2n) is 5.36. The Kier molecular flexibility index (Phi) is 3.40. The molecule has 0 fully saturated rings. The second kappa shape index (κ2) is 5.21. The maximum Gasteiger partial charge on any atom is 0.156 e. The Hall–Kier alpha value is -1.94. The summed E-state index contributed by atoms with van der Waals surface area (Å²) >= 11 is 0. The minimum absolute atomic E-state index is 0.510. The van der Waals surface area contributed by atoms with Crippen LogP contribution in [0.3, 0.4) is 0 Å². The monoisotopic (exact) mass is 268 g/mol. The first-order chi connectivity index (χ1) is 9.70. The minimum Gasteiger partial charge on any atom is -0.350 e. The molecule has 2 heterocycles. The molecule has 4 nitrogen and oxygen atoms in total. The van der Waals surface area contributed by atoms with E-state index in [0.29, 0.717) is 6.54 Å². The molecule has 2 aromatic rings. The van der Waals surface area contributed by atoms with Gasteiger partial charge in [0.25, 0.3) is 0 Å². The van der Waals surface area contributed by atoms with E-state index in [1.54, 1.807) is 0 Å². The largest absolute Gasteiger partial charge is 0.350 e. The molecule has 1 aliphatic rings. The van der Waals surface area contributed by atoms with Gasteiger partial charge in [0.2, 0.25) is 0 Å². The zero-order chi connectivity index (χ0) is 14.1. The molecule has 3 rings (SSSR count). The highest BCUT2D eigenvalue weighted by atomic mass is 15.3. The van der Waals surface area contributed by atoms with Gasteiger partial charge < -0.3 is 10.6 Å². The number of fused-ring (bicyclic) bond motifs is 1. The molecule has 0 saturated carbocycles. The number of anilines is 1. The van der Waals surface area contributed by atoms with E-state index in [1.807, 2.05) is 6.92 Å². The SMILES string of the molecule is Cc1nnc(N2CCc3ccccc3C2)c(CN)c1C. The normalized spacial score (nSPS) is 14.2. The Morgan fingerprint density at radius 1 is 1.15 bits per heavy atom. The zero-order valence-corrected chi connectivity index (χ0v) is 12.1. The summed E-state index contributed by atoms with van der Waals surface area (Å²) in [7, 11) is 0. The molecule has 0 saturated heterocycles. The van der Waals surface area contributed by atoms with Gasteiger partial charge in [-0.3, -0.25) is 0 Å². The molecule has 0 spiro atoms. The maximum absolute atomic E-state index is 5.93. The molecule has 0 bridgehead atoms. The first-order valence-electron chi connectivity index (χ1n) is 7.05. The van der Waals surface area contributed by atoms with Crippen molar-refractivity contribution in [3.8, 4) is 0 Å². The fraction of sp³-hybridized carbons (Fsp3) is 0.375. The van der Waals surface area contributed by atoms with E-state index < -0.39 is 0 Å². The van der Waals surface area contributed by atoms with Gasteiger partial charge >= 0.3 is 0 Å². The highest BCUT2D eigenvalue weighted by Crippen LogP contribution is 2.27. The Morgan fingerprint density at radius 2 is 1.90 bits per heavy atom. The molecule has 0 radical (unpaired) electrons. The van der Waals surface area contributed by atoms with Crippen molar-refractivity contribution in [2.24, 2.45) is 5.73 Å². The van der Waals surface area contributed by atoms with Gasteiger partial charge in [0.1, 0.15) is 0 Å². The van der Waals surface area contributed by atoms with Crippen molar-refractivity contribution < 1.29 is 0 Å². The third-order valence-electron chi connectivity index (χ3n) is 4.19. The number of aryl methyl sites for hydroxylation is 1. The molecule has 1 aromatic heterocycles. The standard InChI is InChI=1S/C16H20N4/c1-11-12(2)18-19-16(15(11)9-17)20-8-7-13-5-3-4-6-14(13)10-20/h3-6H,7-10,17H2,1-2H3. The zero-order valence-electron chi connectivity index (χ0n) is 12.1. The molecule has 0 unspecified atom stereocenters. The number of aromatic nitrogens is 2. The van der Waals surface area contributed by atoms with E-state index in [9.17, 15) is 0 Å². The van der Waals surface area contributed by atoms with Crippen LogP contribution in [0.15, 0.2) is 24.3 Å². The van der Waals surface area contributed by atoms with Crippen LogP contribution in [0.2, 0.25) is 0 Å². The summed E-state index contributed by atoms with van der Waals surface area (Å²) in [6.07, 6.45) is 1.05. The van der Waals surface area contributed by atoms with Gasteiger partial charge in [-0.15, -0.1) is 5.10 Å². The molecule has 0 aliphatic carbocycles. The number of rotatable bonds is 2. The molecule has 2 N–H and O–H groups in total. The summed E-state index contributed by atoms with van der Waals surface area (Å²) in [5.74, 6) is 0.949. The van der Waals surface area contributed by atoms with E-state index in [-0.39, 0.29) is 0 Å². The van der Waals surface area contributed by atoms with Gasteiger partial charge in [0.15, 0.2) is 5.82 Å². The van der Waals surface area contributed by atoms with E-state index in [0.717, 1.165) is 42.1 Å². The first kappa shape index (κ1) is 13.1. The van der Waals surface area contributed by atoms with Crippen LogP contribution in [0.4, 0.5) is 5.82 Å². The summed E-state index contributed by atoms with van der Waals surface area (Å²) in [6.45, 7) is 6.43. The quantitative estimate of drug-likeness (QED) is 0.906. The molecule has 20 heavy (non-hydrogen) atoms. The van der Waals surface area contributed by atoms with Crippen LogP contribution in [0.5, 0.6) is 0 Å². The fourth-order valence-electron chi connectivity index (χ4n) is 2.82. The number of nitrogens with zero attached hydrogens (tertiary/aromatic N) is 3. The summed E-state index contributed by atoms with van der Waals surface area (Å²) in [4.78, 5) is 2.30. The molecule has 0 atom stereocenters. The van der Waals surface area contributed by atoms with Crippen molar-refractivity contribution in [3.05, 3.63) is 52.2 Å². The Balaban J connectivity index is 1.98. The predicted octanol–water partition coefficient (Wildman–Crippen LogP) is 2.11. The van der Waals surface area contributed by atoms with Crippen molar-refractivity contribution in [1.82, 2.24) is 10.2 Å². The van der Waals surface area contributed by atoms with Crippen LogP contribution in [-0.4, -0.2) is 16.7 Å². The maximum atomic E-state index is 5.93. The van der Waals surface area contributed by atoms with Crippen molar-refractivity contribution in [1.29, 1.82) is 0 Å². The van der Waals surface area contributed by atoms with Crippen molar-refractivity contribution in [3.63, 3.8) is 0 Å². The Morgan fingerprint density at radius 3 is 2.65 bits per heavy atom. The Labute approximate surface area is 119 Å². The van der Waals surface area contributed by atoms with Gasteiger partial charge in [-0.25, -0.2) is 0 Å². The van der Waals surface area contributed by atoms with Crippen molar-refractivity contribution in [2.75, 3.05) is 11.4 Å². The average Bonchev–Trinajstić information content (AvgIpc) is 2.49. The molecule has 1 aliphatic heterocycles. The lowest BCUT2D eigenvalue weighted by Crippen LogP contribution is -2.32. The number of nitrogens with two attached hydrogens (primary N) is 1. The Bertz CT molecular complexity index is 636. The van der Waals surface area contributed by atoms with Crippen LogP contribution in [0.25, 0.3) is 0 Å². The van der Waals surface area contributed by atoms with E-state index in [4.69, 9.17) is 5.73 Å². The smallest absolute Gasteiger partial charge is 0.156 e.